The van der Waals surface area contributed by atoms with E-state index in [-0.39, 0.29) is 5.91 Å². The third kappa shape index (κ3) is 3.44. The van der Waals surface area contributed by atoms with Crippen molar-refractivity contribution in [2.75, 3.05) is 14.2 Å². The number of carbonyl (C=O) groups excluding carboxylic acids is 1. The molecule has 1 unspecified atom stereocenters. The average Bonchev–Trinajstić information content (AvgIpc) is 2.28. The zero-order valence-electron chi connectivity index (χ0n) is 10.4. The molecular weight excluding hydrogens is 218 g/mol. The molecule has 0 aliphatic carbocycles. The highest BCUT2D eigenvalue weighted by Crippen LogP contribution is 2.20. The second kappa shape index (κ2) is 5.65. The molecule has 0 aliphatic rings. The van der Waals surface area contributed by atoms with Crippen molar-refractivity contribution in [3.8, 4) is 5.75 Å². The van der Waals surface area contributed by atoms with Crippen LogP contribution in [0, 0.1) is 6.92 Å². The molecule has 5 nitrogen and oxygen atoms in total. The van der Waals surface area contributed by atoms with Crippen molar-refractivity contribution in [2.24, 2.45) is 11.6 Å². The smallest absolute Gasteiger partial charge is 0.253 e. The number of benzene rings is 1. The number of hydrogen-bond donors (Lipinski definition) is 2. The summed E-state index contributed by atoms with van der Waals surface area (Å²) in [4.78, 5) is 11.6. The first-order chi connectivity index (χ1) is 7.95. The van der Waals surface area contributed by atoms with Crippen LogP contribution in [0.5, 0.6) is 5.75 Å². The van der Waals surface area contributed by atoms with Crippen LogP contribution in [0.3, 0.4) is 0 Å². The third-order valence-corrected chi connectivity index (χ3v) is 2.54. The van der Waals surface area contributed by atoms with E-state index < -0.39 is 6.04 Å². The van der Waals surface area contributed by atoms with Gasteiger partial charge in [0.25, 0.3) is 5.91 Å². The minimum Gasteiger partial charge on any atom is -0.496 e. The lowest BCUT2D eigenvalue weighted by Crippen LogP contribution is -2.46. The molecule has 0 aliphatic heterocycles. The summed E-state index contributed by atoms with van der Waals surface area (Å²) in [6.07, 6.45) is 0.408. The number of ether oxygens (including phenoxy) is 1. The van der Waals surface area contributed by atoms with Crippen LogP contribution in [0.4, 0.5) is 0 Å². The van der Waals surface area contributed by atoms with Crippen LogP contribution in [-0.4, -0.2) is 31.1 Å². The van der Waals surface area contributed by atoms with E-state index >= 15 is 0 Å². The van der Waals surface area contributed by atoms with Gasteiger partial charge in [0.05, 0.1) is 13.2 Å². The predicted octanol–water partition coefficient (Wildman–Crippen LogP) is 0.206. The Hall–Kier alpha value is -1.59. The van der Waals surface area contributed by atoms with Gasteiger partial charge >= 0.3 is 0 Å². The zero-order valence-corrected chi connectivity index (χ0v) is 10.4. The van der Waals surface area contributed by atoms with Gasteiger partial charge in [-0.3, -0.25) is 9.80 Å². The lowest BCUT2D eigenvalue weighted by Gasteiger charge is -2.17. The minimum absolute atomic E-state index is 0.298. The van der Waals surface area contributed by atoms with E-state index in [2.05, 4.69) is 0 Å². The van der Waals surface area contributed by atoms with Crippen LogP contribution in [0.2, 0.25) is 0 Å². The molecule has 0 saturated heterocycles. The molecule has 0 saturated carbocycles. The van der Waals surface area contributed by atoms with Crippen molar-refractivity contribution in [1.82, 2.24) is 5.01 Å². The highest BCUT2D eigenvalue weighted by atomic mass is 16.5. The summed E-state index contributed by atoms with van der Waals surface area (Å²) in [5.41, 5.74) is 7.81. The number of nitrogens with two attached hydrogens (primary N) is 2. The van der Waals surface area contributed by atoms with Gasteiger partial charge in [0.2, 0.25) is 0 Å². The number of rotatable bonds is 4. The first-order valence-corrected chi connectivity index (χ1v) is 5.37. The summed E-state index contributed by atoms with van der Waals surface area (Å²) in [6, 6.07) is 5.13. The first-order valence-electron chi connectivity index (χ1n) is 5.37. The molecule has 0 fully saturated rings. The molecule has 0 radical (unpaired) electrons. The Kier molecular flexibility index (Phi) is 4.48. The van der Waals surface area contributed by atoms with Crippen LogP contribution in [0.15, 0.2) is 18.2 Å². The van der Waals surface area contributed by atoms with E-state index in [1.165, 1.54) is 7.05 Å². The highest BCUT2D eigenvalue weighted by Gasteiger charge is 2.18. The van der Waals surface area contributed by atoms with E-state index in [0.29, 0.717) is 6.42 Å². The van der Waals surface area contributed by atoms with E-state index in [4.69, 9.17) is 16.3 Å². The number of nitrogens with zero attached hydrogens (tertiary/aromatic N) is 1. The molecule has 1 amide bonds. The second-order valence-electron chi connectivity index (χ2n) is 4.08. The number of hydrogen-bond acceptors (Lipinski definition) is 4. The molecule has 0 bridgehead atoms. The molecule has 0 heterocycles. The van der Waals surface area contributed by atoms with Gasteiger partial charge in [-0.05, 0) is 18.6 Å². The van der Waals surface area contributed by atoms with Crippen molar-refractivity contribution in [3.05, 3.63) is 29.3 Å². The van der Waals surface area contributed by atoms with E-state index in [1.54, 1.807) is 7.11 Å². The number of amides is 1. The van der Waals surface area contributed by atoms with Crippen molar-refractivity contribution in [3.63, 3.8) is 0 Å². The molecule has 94 valence electrons. The van der Waals surface area contributed by atoms with Gasteiger partial charge in [0, 0.05) is 13.5 Å². The lowest BCUT2D eigenvalue weighted by molar-refractivity contribution is -0.131. The molecule has 1 atom stereocenters. The molecular formula is C12H19N3O2. The second-order valence-corrected chi connectivity index (χ2v) is 4.08. The Balaban J connectivity index is 2.87. The fourth-order valence-electron chi connectivity index (χ4n) is 1.65. The molecule has 17 heavy (non-hydrogen) atoms. The Morgan fingerprint density at radius 1 is 1.53 bits per heavy atom. The predicted molar refractivity (Wildman–Crippen MR) is 66.4 cm³/mol. The highest BCUT2D eigenvalue weighted by molar-refractivity contribution is 5.81. The molecule has 0 spiro atoms. The normalized spacial score (nSPS) is 12.1. The summed E-state index contributed by atoms with van der Waals surface area (Å²) in [6.45, 7) is 1.98. The maximum absolute atomic E-state index is 11.6. The van der Waals surface area contributed by atoms with Gasteiger partial charge in [0.1, 0.15) is 5.75 Å². The van der Waals surface area contributed by atoms with Crippen molar-refractivity contribution >= 4 is 5.91 Å². The Morgan fingerprint density at radius 2 is 2.18 bits per heavy atom. The molecule has 1 rings (SSSR count). The van der Waals surface area contributed by atoms with Crippen LogP contribution >= 0.6 is 0 Å². The largest absolute Gasteiger partial charge is 0.496 e. The summed E-state index contributed by atoms with van der Waals surface area (Å²) in [5.74, 6) is 5.80. The van der Waals surface area contributed by atoms with Crippen molar-refractivity contribution in [1.29, 1.82) is 0 Å². The van der Waals surface area contributed by atoms with E-state index in [1.807, 2.05) is 25.1 Å². The molecule has 4 N–H and O–H groups in total. The quantitative estimate of drug-likeness (QED) is 0.445. The number of hydrazine groups is 1. The van der Waals surface area contributed by atoms with E-state index in [9.17, 15) is 4.79 Å². The monoisotopic (exact) mass is 237 g/mol. The zero-order chi connectivity index (χ0) is 13.0. The summed E-state index contributed by atoms with van der Waals surface area (Å²) in [7, 11) is 3.08. The fourth-order valence-corrected chi connectivity index (χ4v) is 1.65. The number of methoxy groups -OCH3 is 1. The van der Waals surface area contributed by atoms with Gasteiger partial charge in [0.15, 0.2) is 0 Å². The fraction of sp³-hybridized carbons (Fsp3) is 0.417. The van der Waals surface area contributed by atoms with Gasteiger partial charge < -0.3 is 10.5 Å². The van der Waals surface area contributed by atoms with Crippen molar-refractivity contribution < 1.29 is 9.53 Å². The minimum atomic E-state index is -0.652. The number of aryl methyl sites for hydroxylation is 1. The van der Waals surface area contributed by atoms with Crippen molar-refractivity contribution in [2.45, 2.75) is 19.4 Å². The first kappa shape index (κ1) is 13.5. The lowest BCUT2D eigenvalue weighted by atomic mass is 10.0. The van der Waals surface area contributed by atoms with Gasteiger partial charge in [-0.25, -0.2) is 5.84 Å². The van der Waals surface area contributed by atoms with Crippen LogP contribution in [0.1, 0.15) is 11.1 Å². The average molecular weight is 237 g/mol. The van der Waals surface area contributed by atoms with Gasteiger partial charge in [-0.15, -0.1) is 0 Å². The van der Waals surface area contributed by atoms with Gasteiger partial charge in [-0.1, -0.05) is 17.7 Å². The van der Waals surface area contributed by atoms with Crippen LogP contribution in [0.25, 0.3) is 0 Å². The van der Waals surface area contributed by atoms with Crippen LogP contribution in [-0.2, 0) is 11.2 Å². The summed E-state index contributed by atoms with van der Waals surface area (Å²) >= 11 is 0. The molecule has 1 aromatic carbocycles. The van der Waals surface area contributed by atoms with Crippen LogP contribution < -0.4 is 16.3 Å². The standard InChI is InChI=1S/C12H19N3O2/c1-8-4-5-11(17-3)9(6-8)7-10(13)12(16)15(2)14/h4-6,10H,7,13-14H2,1-3H3. The molecule has 1 aromatic rings. The maximum atomic E-state index is 11.6. The van der Waals surface area contributed by atoms with Gasteiger partial charge in [-0.2, -0.15) is 0 Å². The van der Waals surface area contributed by atoms with E-state index in [0.717, 1.165) is 21.9 Å². The Labute approximate surface area is 101 Å². The Morgan fingerprint density at radius 3 is 2.71 bits per heavy atom. The summed E-state index contributed by atoms with van der Waals surface area (Å²) < 4.78 is 5.23. The maximum Gasteiger partial charge on any atom is 0.253 e. The number of carbonyl (C=O) groups is 1. The third-order valence-electron chi connectivity index (χ3n) is 2.54. The SMILES string of the molecule is COc1ccc(C)cc1CC(N)C(=O)N(C)N. The summed E-state index contributed by atoms with van der Waals surface area (Å²) in [5, 5.41) is 1.01. The number of likely N-dealkylation sites (N-methyl/N-ethyl adjacent to an activating group) is 1. The molecule has 0 aromatic heterocycles. The Bertz CT molecular complexity index is 405. The topological polar surface area (TPSA) is 81.6 Å². The molecule has 5 heteroatoms.